The molecule has 0 radical (unpaired) electrons. The molecule has 1 unspecified atom stereocenters. The third-order valence-corrected chi connectivity index (χ3v) is 5.49. The van der Waals surface area contributed by atoms with Gasteiger partial charge in [0.2, 0.25) is 0 Å². The Balaban J connectivity index is 1.82. The number of hydrogen-bond donors (Lipinski definition) is 1. The summed E-state index contributed by atoms with van der Waals surface area (Å²) in [5.74, 6) is 1.56. The van der Waals surface area contributed by atoms with E-state index in [1.165, 1.54) is 11.3 Å². The molecule has 0 aliphatic carbocycles. The number of methoxy groups -OCH3 is 1. The van der Waals surface area contributed by atoms with Crippen LogP contribution in [-0.4, -0.2) is 18.0 Å². The van der Waals surface area contributed by atoms with Gasteiger partial charge in [-0.15, -0.1) is 11.3 Å². The van der Waals surface area contributed by atoms with Gasteiger partial charge >= 0.3 is 0 Å². The first-order valence-corrected chi connectivity index (χ1v) is 9.07. The Morgan fingerprint density at radius 1 is 1.32 bits per heavy atom. The highest BCUT2D eigenvalue weighted by Gasteiger charge is 2.21. The number of thiazole rings is 1. The van der Waals surface area contributed by atoms with Gasteiger partial charge in [0.15, 0.2) is 11.3 Å². The number of fused-ring (bicyclic) bond motifs is 1. The van der Waals surface area contributed by atoms with Gasteiger partial charge in [-0.2, -0.15) is 0 Å². The van der Waals surface area contributed by atoms with Crippen LogP contribution >= 0.6 is 11.3 Å². The Morgan fingerprint density at radius 3 is 2.72 bits per heavy atom. The number of para-hydroxylation sites is 1. The summed E-state index contributed by atoms with van der Waals surface area (Å²) in [6.07, 6.45) is 0. The molecular formula is C19H22N2O3S. The van der Waals surface area contributed by atoms with Crippen LogP contribution in [0.2, 0.25) is 0 Å². The van der Waals surface area contributed by atoms with E-state index in [-0.39, 0.29) is 11.9 Å². The van der Waals surface area contributed by atoms with E-state index in [0.29, 0.717) is 27.9 Å². The Labute approximate surface area is 151 Å². The number of aryl methyl sites for hydroxylation is 1. The highest BCUT2D eigenvalue weighted by molar-refractivity contribution is 7.13. The molecule has 132 valence electrons. The second-order valence-electron chi connectivity index (χ2n) is 6.34. The second kappa shape index (κ2) is 6.88. The van der Waals surface area contributed by atoms with Crippen molar-refractivity contribution in [2.45, 2.75) is 39.7 Å². The van der Waals surface area contributed by atoms with E-state index < -0.39 is 0 Å². The molecule has 0 saturated carbocycles. The van der Waals surface area contributed by atoms with Crippen molar-refractivity contribution < 1.29 is 13.9 Å². The molecule has 0 fully saturated rings. The normalized spacial score (nSPS) is 12.6. The average Bonchev–Trinajstić information content (AvgIpc) is 3.18. The predicted molar refractivity (Wildman–Crippen MR) is 99.6 cm³/mol. The molecule has 2 heterocycles. The summed E-state index contributed by atoms with van der Waals surface area (Å²) in [6, 6.07) is 7.41. The van der Waals surface area contributed by atoms with Crippen LogP contribution < -0.4 is 10.1 Å². The summed E-state index contributed by atoms with van der Waals surface area (Å²) in [7, 11) is 1.61. The number of benzene rings is 1. The van der Waals surface area contributed by atoms with E-state index in [0.717, 1.165) is 16.1 Å². The molecule has 0 spiro atoms. The molecule has 1 N–H and O–H groups in total. The molecule has 0 aliphatic heterocycles. The van der Waals surface area contributed by atoms with Crippen molar-refractivity contribution in [3.8, 4) is 5.75 Å². The van der Waals surface area contributed by atoms with Crippen LogP contribution in [0.4, 0.5) is 0 Å². The highest BCUT2D eigenvalue weighted by atomic mass is 32.1. The van der Waals surface area contributed by atoms with Crippen molar-refractivity contribution in [2.75, 3.05) is 7.11 Å². The maximum absolute atomic E-state index is 12.6. The number of aromatic nitrogens is 1. The van der Waals surface area contributed by atoms with Gasteiger partial charge in [0.1, 0.15) is 10.6 Å². The topological polar surface area (TPSA) is 64.4 Å². The SMILES string of the molecule is COc1cccc2cc(C(C)NC(=O)c3sc(C(C)C)nc3C)oc12. The fraction of sp³-hybridized carbons (Fsp3) is 0.368. The summed E-state index contributed by atoms with van der Waals surface area (Å²) in [5.41, 5.74) is 1.46. The fourth-order valence-corrected chi connectivity index (χ4v) is 3.61. The average molecular weight is 358 g/mol. The Hall–Kier alpha value is -2.34. The molecule has 1 amide bonds. The van der Waals surface area contributed by atoms with Crippen molar-refractivity contribution in [1.82, 2.24) is 10.3 Å². The first kappa shape index (κ1) is 17.5. The summed E-state index contributed by atoms with van der Waals surface area (Å²) >= 11 is 1.45. The lowest BCUT2D eigenvalue weighted by Crippen LogP contribution is -2.26. The molecule has 6 heteroatoms. The van der Waals surface area contributed by atoms with Crippen molar-refractivity contribution in [1.29, 1.82) is 0 Å². The first-order valence-electron chi connectivity index (χ1n) is 8.25. The van der Waals surface area contributed by atoms with Gasteiger partial charge < -0.3 is 14.5 Å². The zero-order chi connectivity index (χ0) is 18.1. The first-order chi connectivity index (χ1) is 11.9. The molecular weight excluding hydrogens is 336 g/mol. The summed E-state index contributed by atoms with van der Waals surface area (Å²) in [6.45, 7) is 7.92. The molecule has 1 atom stereocenters. The fourth-order valence-electron chi connectivity index (χ4n) is 2.64. The number of carbonyl (C=O) groups excluding carboxylic acids is 1. The van der Waals surface area contributed by atoms with Crippen LogP contribution in [0.3, 0.4) is 0 Å². The van der Waals surface area contributed by atoms with E-state index in [4.69, 9.17) is 9.15 Å². The molecule has 0 bridgehead atoms. The van der Waals surface area contributed by atoms with Crippen LogP contribution in [0, 0.1) is 6.92 Å². The van der Waals surface area contributed by atoms with Gasteiger partial charge in [-0.05, 0) is 26.0 Å². The van der Waals surface area contributed by atoms with Crippen LogP contribution in [0.1, 0.15) is 58.9 Å². The zero-order valence-corrected chi connectivity index (χ0v) is 15.9. The van der Waals surface area contributed by atoms with E-state index in [1.54, 1.807) is 7.11 Å². The highest BCUT2D eigenvalue weighted by Crippen LogP contribution is 2.31. The molecule has 3 aromatic rings. The van der Waals surface area contributed by atoms with Crippen molar-refractivity contribution in [3.63, 3.8) is 0 Å². The molecule has 25 heavy (non-hydrogen) atoms. The Kier molecular flexibility index (Phi) is 4.81. The van der Waals surface area contributed by atoms with E-state index in [1.807, 2.05) is 38.1 Å². The van der Waals surface area contributed by atoms with Gasteiger partial charge in [-0.25, -0.2) is 4.98 Å². The number of amides is 1. The number of rotatable bonds is 5. The minimum atomic E-state index is -0.256. The van der Waals surface area contributed by atoms with Crippen LogP contribution in [0.5, 0.6) is 5.75 Å². The lowest BCUT2D eigenvalue weighted by molar-refractivity contribution is 0.0939. The molecule has 0 aliphatic rings. The second-order valence-corrected chi connectivity index (χ2v) is 7.37. The maximum Gasteiger partial charge on any atom is 0.263 e. The Morgan fingerprint density at radius 2 is 2.08 bits per heavy atom. The third-order valence-electron chi connectivity index (χ3n) is 4.03. The minimum absolute atomic E-state index is 0.123. The smallest absolute Gasteiger partial charge is 0.263 e. The molecule has 0 saturated heterocycles. The standard InChI is InChI=1S/C19H22N2O3S/c1-10(2)19-21-12(4)17(25-19)18(22)20-11(3)15-9-13-7-6-8-14(23-5)16(13)24-15/h6-11H,1-5H3,(H,20,22). The summed E-state index contributed by atoms with van der Waals surface area (Å²) in [4.78, 5) is 17.8. The summed E-state index contributed by atoms with van der Waals surface area (Å²) in [5, 5.41) is 4.93. The quantitative estimate of drug-likeness (QED) is 0.710. The Bertz CT molecular complexity index is 911. The van der Waals surface area contributed by atoms with Gasteiger partial charge in [-0.3, -0.25) is 4.79 Å². The van der Waals surface area contributed by atoms with Crippen molar-refractivity contribution in [2.24, 2.45) is 0 Å². The number of ether oxygens (including phenoxy) is 1. The predicted octanol–water partition coefficient (Wildman–Crippen LogP) is 4.82. The van der Waals surface area contributed by atoms with Gasteiger partial charge in [0.25, 0.3) is 5.91 Å². The zero-order valence-electron chi connectivity index (χ0n) is 15.0. The van der Waals surface area contributed by atoms with Crippen molar-refractivity contribution >= 4 is 28.2 Å². The number of nitrogens with zero attached hydrogens (tertiary/aromatic N) is 1. The van der Waals surface area contributed by atoms with Gasteiger partial charge in [0, 0.05) is 11.3 Å². The monoisotopic (exact) mass is 358 g/mol. The summed E-state index contributed by atoms with van der Waals surface area (Å²) < 4.78 is 11.2. The van der Waals surface area contributed by atoms with E-state index in [9.17, 15) is 4.79 Å². The number of hydrogen-bond acceptors (Lipinski definition) is 5. The van der Waals surface area contributed by atoms with Gasteiger partial charge in [-0.1, -0.05) is 26.0 Å². The molecule has 1 aromatic carbocycles. The maximum atomic E-state index is 12.6. The van der Waals surface area contributed by atoms with Crippen LogP contribution in [-0.2, 0) is 0 Å². The number of furan rings is 1. The minimum Gasteiger partial charge on any atom is -0.493 e. The molecule has 2 aromatic heterocycles. The molecule has 3 rings (SSSR count). The number of carbonyl (C=O) groups is 1. The van der Waals surface area contributed by atoms with E-state index in [2.05, 4.69) is 24.1 Å². The van der Waals surface area contributed by atoms with Crippen molar-refractivity contribution in [3.05, 3.63) is 45.6 Å². The van der Waals surface area contributed by atoms with Crippen LogP contribution in [0.25, 0.3) is 11.0 Å². The van der Waals surface area contributed by atoms with E-state index >= 15 is 0 Å². The lowest BCUT2D eigenvalue weighted by Gasteiger charge is -2.10. The lowest BCUT2D eigenvalue weighted by atomic mass is 10.2. The van der Waals surface area contributed by atoms with Gasteiger partial charge in [0.05, 0.1) is 23.9 Å². The van der Waals surface area contributed by atoms with Crippen LogP contribution in [0.15, 0.2) is 28.7 Å². The molecule has 5 nitrogen and oxygen atoms in total. The number of nitrogens with one attached hydrogen (secondary N) is 1. The largest absolute Gasteiger partial charge is 0.493 e. The third kappa shape index (κ3) is 3.39.